The Labute approximate surface area is 125 Å². The van der Waals surface area contributed by atoms with Crippen LogP contribution in [0.15, 0.2) is 12.1 Å². The number of hydrogen-bond acceptors (Lipinski definition) is 2. The van der Waals surface area contributed by atoms with Gasteiger partial charge in [-0.1, -0.05) is 30.9 Å². The normalized spacial score (nSPS) is 15.9. The Morgan fingerprint density at radius 2 is 1.95 bits per heavy atom. The molecule has 2 rings (SSSR count). The smallest absolute Gasteiger partial charge is 0.125 e. The third-order valence-electron chi connectivity index (χ3n) is 3.57. The van der Waals surface area contributed by atoms with Gasteiger partial charge in [0.1, 0.15) is 5.82 Å². The van der Waals surface area contributed by atoms with E-state index >= 15 is 0 Å². The van der Waals surface area contributed by atoms with Gasteiger partial charge in [-0.15, -0.1) is 12.4 Å². The first kappa shape index (κ1) is 16.5. The van der Waals surface area contributed by atoms with E-state index in [4.69, 9.17) is 11.6 Å². The standard InChI is InChI=1S/C14H20ClFN2.ClH/c1-17-14-10(7-11(16)8-13(14)15)9-18-12-5-3-2-4-6-12;/h7-8,12,17-18H,2-6,9H2,1H3;1H. The molecule has 0 amide bonds. The van der Waals surface area contributed by atoms with E-state index in [-0.39, 0.29) is 18.2 Å². The molecule has 5 heteroatoms. The summed E-state index contributed by atoms with van der Waals surface area (Å²) in [4.78, 5) is 0. The van der Waals surface area contributed by atoms with Crippen LogP contribution in [0.4, 0.5) is 10.1 Å². The molecule has 2 N–H and O–H groups in total. The Balaban J connectivity index is 0.00000180. The fourth-order valence-electron chi connectivity index (χ4n) is 2.61. The predicted molar refractivity (Wildman–Crippen MR) is 81.9 cm³/mol. The first-order valence-corrected chi connectivity index (χ1v) is 6.97. The van der Waals surface area contributed by atoms with Crippen LogP contribution in [0.1, 0.15) is 37.7 Å². The maximum absolute atomic E-state index is 13.4. The highest BCUT2D eigenvalue weighted by Gasteiger charge is 2.14. The molecule has 1 aliphatic carbocycles. The molecular weight excluding hydrogens is 286 g/mol. The van der Waals surface area contributed by atoms with E-state index in [9.17, 15) is 4.39 Å². The molecule has 0 radical (unpaired) electrons. The van der Waals surface area contributed by atoms with Gasteiger partial charge in [-0.25, -0.2) is 4.39 Å². The van der Waals surface area contributed by atoms with Crippen LogP contribution >= 0.6 is 24.0 Å². The highest BCUT2D eigenvalue weighted by Crippen LogP contribution is 2.27. The molecule has 0 unspecified atom stereocenters. The predicted octanol–water partition coefficient (Wildman–Crippen LogP) is 4.36. The van der Waals surface area contributed by atoms with Gasteiger partial charge in [-0.2, -0.15) is 0 Å². The van der Waals surface area contributed by atoms with Crippen LogP contribution in [-0.2, 0) is 6.54 Å². The van der Waals surface area contributed by atoms with E-state index < -0.39 is 0 Å². The Bertz CT molecular complexity index is 407. The summed E-state index contributed by atoms with van der Waals surface area (Å²) in [5.41, 5.74) is 1.72. The number of benzene rings is 1. The second-order valence-electron chi connectivity index (χ2n) is 4.89. The molecule has 0 aliphatic heterocycles. The van der Waals surface area contributed by atoms with Crippen molar-refractivity contribution in [1.82, 2.24) is 5.32 Å². The van der Waals surface area contributed by atoms with E-state index in [0.29, 0.717) is 17.6 Å². The molecule has 1 fully saturated rings. The van der Waals surface area contributed by atoms with Crippen molar-refractivity contribution in [2.24, 2.45) is 0 Å². The van der Waals surface area contributed by atoms with Gasteiger partial charge >= 0.3 is 0 Å². The molecule has 0 saturated heterocycles. The van der Waals surface area contributed by atoms with Crippen LogP contribution in [0.2, 0.25) is 5.02 Å². The second kappa shape index (κ2) is 7.93. The van der Waals surface area contributed by atoms with Gasteiger partial charge in [0.15, 0.2) is 0 Å². The molecule has 1 aromatic rings. The van der Waals surface area contributed by atoms with Gasteiger partial charge in [0, 0.05) is 19.6 Å². The van der Waals surface area contributed by atoms with Crippen molar-refractivity contribution >= 4 is 29.7 Å². The fraction of sp³-hybridized carbons (Fsp3) is 0.571. The third-order valence-corrected chi connectivity index (χ3v) is 3.87. The average molecular weight is 307 g/mol. The van der Waals surface area contributed by atoms with E-state index in [1.165, 1.54) is 38.2 Å². The first-order chi connectivity index (χ1) is 8.70. The summed E-state index contributed by atoms with van der Waals surface area (Å²) in [5, 5.41) is 6.98. The van der Waals surface area contributed by atoms with Crippen LogP contribution in [-0.4, -0.2) is 13.1 Å². The fourth-order valence-corrected chi connectivity index (χ4v) is 2.93. The van der Waals surface area contributed by atoms with Gasteiger partial charge in [-0.05, 0) is 30.5 Å². The lowest BCUT2D eigenvalue weighted by molar-refractivity contribution is 0.372. The van der Waals surface area contributed by atoms with Gasteiger partial charge in [0.2, 0.25) is 0 Å². The van der Waals surface area contributed by atoms with E-state index in [1.54, 1.807) is 6.07 Å². The van der Waals surface area contributed by atoms with Crippen molar-refractivity contribution in [2.45, 2.75) is 44.7 Å². The monoisotopic (exact) mass is 306 g/mol. The van der Waals surface area contributed by atoms with Gasteiger partial charge in [0.05, 0.1) is 10.7 Å². The van der Waals surface area contributed by atoms with Crippen LogP contribution < -0.4 is 10.6 Å². The molecule has 0 aromatic heterocycles. The molecule has 0 heterocycles. The largest absolute Gasteiger partial charge is 0.387 e. The number of anilines is 1. The molecule has 0 atom stereocenters. The zero-order chi connectivity index (χ0) is 13.0. The highest BCUT2D eigenvalue weighted by molar-refractivity contribution is 6.33. The quantitative estimate of drug-likeness (QED) is 0.863. The number of rotatable bonds is 4. The summed E-state index contributed by atoms with van der Waals surface area (Å²) in [7, 11) is 1.81. The molecule has 2 nitrogen and oxygen atoms in total. The van der Waals surface area contributed by atoms with Crippen molar-refractivity contribution < 1.29 is 4.39 Å². The Hall–Kier alpha value is -0.510. The Morgan fingerprint density at radius 1 is 1.26 bits per heavy atom. The Kier molecular flexibility index (Phi) is 6.90. The molecule has 108 valence electrons. The maximum atomic E-state index is 13.4. The molecule has 1 saturated carbocycles. The van der Waals surface area contributed by atoms with Crippen molar-refractivity contribution in [2.75, 3.05) is 12.4 Å². The van der Waals surface area contributed by atoms with Gasteiger partial charge < -0.3 is 10.6 Å². The van der Waals surface area contributed by atoms with E-state index in [0.717, 1.165) is 11.3 Å². The average Bonchev–Trinajstić information content (AvgIpc) is 2.37. The molecule has 1 aliphatic rings. The topological polar surface area (TPSA) is 24.1 Å². The Morgan fingerprint density at radius 3 is 2.58 bits per heavy atom. The summed E-state index contributed by atoms with van der Waals surface area (Å²) in [6.45, 7) is 0.665. The summed E-state index contributed by atoms with van der Waals surface area (Å²) in [6, 6.07) is 3.45. The minimum Gasteiger partial charge on any atom is -0.387 e. The van der Waals surface area contributed by atoms with E-state index in [2.05, 4.69) is 10.6 Å². The zero-order valence-corrected chi connectivity index (χ0v) is 12.7. The number of nitrogens with one attached hydrogen (secondary N) is 2. The van der Waals surface area contributed by atoms with Gasteiger partial charge in [-0.3, -0.25) is 0 Å². The van der Waals surface area contributed by atoms with Crippen molar-refractivity contribution in [3.8, 4) is 0 Å². The SMILES string of the molecule is CNc1c(Cl)cc(F)cc1CNC1CCCCC1.Cl. The minimum absolute atomic E-state index is 0. The lowest BCUT2D eigenvalue weighted by atomic mass is 9.95. The number of hydrogen-bond donors (Lipinski definition) is 2. The van der Waals surface area contributed by atoms with Gasteiger partial charge in [0.25, 0.3) is 0 Å². The molecule has 1 aromatic carbocycles. The molecule has 19 heavy (non-hydrogen) atoms. The van der Waals surface area contributed by atoms with Crippen LogP contribution in [0.5, 0.6) is 0 Å². The van der Waals surface area contributed by atoms with Crippen molar-refractivity contribution in [1.29, 1.82) is 0 Å². The summed E-state index contributed by atoms with van der Waals surface area (Å²) < 4.78 is 13.4. The second-order valence-corrected chi connectivity index (χ2v) is 5.29. The number of halogens is 3. The molecular formula is C14H21Cl2FN2. The van der Waals surface area contributed by atoms with Crippen molar-refractivity contribution in [3.05, 3.63) is 28.5 Å². The van der Waals surface area contributed by atoms with E-state index in [1.807, 2.05) is 7.05 Å². The lowest BCUT2D eigenvalue weighted by Gasteiger charge is -2.23. The highest BCUT2D eigenvalue weighted by atomic mass is 35.5. The maximum Gasteiger partial charge on any atom is 0.125 e. The molecule has 0 spiro atoms. The third kappa shape index (κ3) is 4.51. The summed E-state index contributed by atoms with van der Waals surface area (Å²) >= 11 is 6.03. The zero-order valence-electron chi connectivity index (χ0n) is 11.1. The van der Waals surface area contributed by atoms with Crippen LogP contribution in [0.25, 0.3) is 0 Å². The lowest BCUT2D eigenvalue weighted by Crippen LogP contribution is -2.30. The van der Waals surface area contributed by atoms with Crippen LogP contribution in [0.3, 0.4) is 0 Å². The van der Waals surface area contributed by atoms with Crippen molar-refractivity contribution in [3.63, 3.8) is 0 Å². The van der Waals surface area contributed by atoms with Crippen LogP contribution in [0, 0.1) is 5.82 Å². The summed E-state index contributed by atoms with van der Waals surface area (Å²) in [5.74, 6) is -0.278. The minimum atomic E-state index is -0.278. The summed E-state index contributed by atoms with van der Waals surface area (Å²) in [6.07, 6.45) is 6.36. The molecule has 0 bridgehead atoms. The first-order valence-electron chi connectivity index (χ1n) is 6.59.